The van der Waals surface area contributed by atoms with Crippen LogP contribution in [-0.2, 0) is 6.54 Å². The molecule has 0 saturated heterocycles. The van der Waals surface area contributed by atoms with Crippen LogP contribution in [0.1, 0.15) is 11.4 Å². The van der Waals surface area contributed by atoms with Crippen LogP contribution in [-0.4, -0.2) is 22.2 Å². The van der Waals surface area contributed by atoms with Gasteiger partial charge in [0, 0.05) is 24.5 Å². The van der Waals surface area contributed by atoms with Crippen LogP contribution < -0.4 is 4.90 Å². The van der Waals surface area contributed by atoms with E-state index in [9.17, 15) is 0 Å². The van der Waals surface area contributed by atoms with Crippen LogP contribution in [0.5, 0.6) is 0 Å². The molecule has 3 heterocycles. The monoisotopic (exact) mass is 336 g/mol. The van der Waals surface area contributed by atoms with E-state index < -0.39 is 0 Å². The minimum atomic E-state index is 0.498. The Morgan fingerprint density at radius 1 is 1.17 bits per heavy atom. The third kappa shape index (κ3) is 2.65. The molecule has 0 fully saturated rings. The molecule has 0 N–H and O–H groups in total. The van der Waals surface area contributed by atoms with Crippen LogP contribution in [0.3, 0.4) is 0 Å². The van der Waals surface area contributed by atoms with Crippen molar-refractivity contribution in [2.45, 2.75) is 13.5 Å². The van der Waals surface area contributed by atoms with Gasteiger partial charge in [0.2, 0.25) is 0 Å². The van der Waals surface area contributed by atoms with E-state index in [2.05, 4.69) is 49.7 Å². The molecule has 0 saturated carbocycles. The van der Waals surface area contributed by atoms with E-state index in [0.29, 0.717) is 11.7 Å². The maximum Gasteiger partial charge on any atom is 0.261 e. The third-order valence-corrected chi connectivity index (χ3v) is 4.89. The van der Waals surface area contributed by atoms with Crippen molar-refractivity contribution >= 4 is 27.2 Å². The summed E-state index contributed by atoms with van der Waals surface area (Å²) in [6.45, 7) is 2.57. The summed E-state index contributed by atoms with van der Waals surface area (Å²) in [4.78, 5) is 11.0. The van der Waals surface area contributed by atoms with Gasteiger partial charge >= 0.3 is 0 Å². The number of hydrogen-bond donors (Lipinski definition) is 0. The van der Waals surface area contributed by atoms with E-state index >= 15 is 0 Å². The van der Waals surface area contributed by atoms with Crippen LogP contribution in [0.25, 0.3) is 21.5 Å². The molecule has 0 radical (unpaired) electrons. The first-order valence-corrected chi connectivity index (χ1v) is 8.52. The number of benzene rings is 1. The summed E-state index contributed by atoms with van der Waals surface area (Å²) in [7, 11) is 2.03. The van der Waals surface area contributed by atoms with Crippen LogP contribution >= 0.6 is 11.3 Å². The van der Waals surface area contributed by atoms with Crippen molar-refractivity contribution in [3.63, 3.8) is 0 Å². The van der Waals surface area contributed by atoms with Gasteiger partial charge in [-0.3, -0.25) is 0 Å². The molecule has 6 heteroatoms. The molecule has 0 aliphatic carbocycles. The second kappa shape index (κ2) is 6.05. The molecule has 0 aliphatic heterocycles. The van der Waals surface area contributed by atoms with Crippen molar-refractivity contribution in [3.8, 4) is 11.5 Å². The van der Waals surface area contributed by atoms with Crippen molar-refractivity contribution in [1.29, 1.82) is 0 Å². The molecule has 5 nitrogen and oxygen atoms in total. The van der Waals surface area contributed by atoms with E-state index in [4.69, 9.17) is 4.52 Å². The number of aryl methyl sites for hydroxylation is 1. The fourth-order valence-corrected chi connectivity index (χ4v) is 3.71. The Bertz CT molecular complexity index is 991. The minimum absolute atomic E-state index is 0.498. The first-order chi connectivity index (χ1) is 11.7. The van der Waals surface area contributed by atoms with Crippen molar-refractivity contribution in [1.82, 2.24) is 15.1 Å². The van der Waals surface area contributed by atoms with Gasteiger partial charge in [-0.25, -0.2) is 4.98 Å². The molecule has 3 aromatic heterocycles. The van der Waals surface area contributed by atoms with Gasteiger partial charge in [0.15, 0.2) is 5.82 Å². The van der Waals surface area contributed by atoms with Gasteiger partial charge in [-0.15, -0.1) is 11.3 Å². The number of thiophene rings is 1. The lowest BCUT2D eigenvalue weighted by molar-refractivity contribution is 0.425. The van der Waals surface area contributed by atoms with Crippen molar-refractivity contribution in [2.75, 3.05) is 11.9 Å². The lowest BCUT2D eigenvalue weighted by atomic mass is 10.1. The third-order valence-electron chi connectivity index (χ3n) is 3.87. The standard InChI is InChI=1S/C18H16N4OS/c1-12-20-18(23-21-12)15-7-5-9-19-17(15)22(2)10-13-11-24-16-8-4-3-6-14(13)16/h3-9,11H,10H2,1-2H3. The molecule has 4 aromatic rings. The first kappa shape index (κ1) is 14.8. The summed E-state index contributed by atoms with van der Waals surface area (Å²) >= 11 is 1.77. The Morgan fingerprint density at radius 3 is 2.88 bits per heavy atom. The van der Waals surface area contributed by atoms with E-state index in [-0.39, 0.29) is 0 Å². The molecule has 0 atom stereocenters. The maximum atomic E-state index is 5.32. The average molecular weight is 336 g/mol. The van der Waals surface area contributed by atoms with Crippen LogP contribution in [0, 0.1) is 6.92 Å². The first-order valence-electron chi connectivity index (χ1n) is 7.64. The van der Waals surface area contributed by atoms with E-state index in [1.165, 1.54) is 15.6 Å². The van der Waals surface area contributed by atoms with Gasteiger partial charge in [-0.2, -0.15) is 4.98 Å². The fraction of sp³-hybridized carbons (Fsp3) is 0.167. The van der Waals surface area contributed by atoms with Gasteiger partial charge in [-0.1, -0.05) is 23.4 Å². The van der Waals surface area contributed by atoms with E-state index in [1.54, 1.807) is 17.5 Å². The molecule has 0 aliphatic rings. The molecule has 1 aromatic carbocycles. The second-order valence-electron chi connectivity index (χ2n) is 5.63. The molecular weight excluding hydrogens is 320 g/mol. The lowest BCUT2D eigenvalue weighted by Crippen LogP contribution is -2.18. The molecular formula is C18H16N4OS. The summed E-state index contributed by atoms with van der Waals surface area (Å²) in [5.74, 6) is 1.94. The Morgan fingerprint density at radius 2 is 2.04 bits per heavy atom. The highest BCUT2D eigenvalue weighted by Gasteiger charge is 2.16. The van der Waals surface area contributed by atoms with Crippen LogP contribution in [0.4, 0.5) is 5.82 Å². The molecule has 0 spiro atoms. The number of anilines is 1. The van der Waals surface area contributed by atoms with Crippen LogP contribution in [0.15, 0.2) is 52.5 Å². The summed E-state index contributed by atoms with van der Waals surface area (Å²) < 4.78 is 6.62. The smallest absolute Gasteiger partial charge is 0.261 e. The van der Waals surface area contributed by atoms with Gasteiger partial charge in [-0.05, 0) is 41.5 Å². The normalized spacial score (nSPS) is 11.1. The zero-order chi connectivity index (χ0) is 16.5. The summed E-state index contributed by atoms with van der Waals surface area (Å²) in [5.41, 5.74) is 2.14. The fourth-order valence-electron chi connectivity index (χ4n) is 2.76. The number of hydrogen-bond acceptors (Lipinski definition) is 6. The molecule has 4 rings (SSSR count). The molecule has 0 bridgehead atoms. The molecule has 120 valence electrons. The van der Waals surface area contributed by atoms with Gasteiger partial charge < -0.3 is 9.42 Å². The highest BCUT2D eigenvalue weighted by Crippen LogP contribution is 2.30. The predicted molar refractivity (Wildman–Crippen MR) is 96.2 cm³/mol. The van der Waals surface area contributed by atoms with E-state index in [1.807, 2.05) is 26.1 Å². The molecule has 24 heavy (non-hydrogen) atoms. The van der Waals surface area contributed by atoms with Crippen molar-refractivity contribution in [2.24, 2.45) is 0 Å². The SMILES string of the molecule is Cc1noc(-c2cccnc2N(C)Cc2csc3ccccc23)n1. The number of aromatic nitrogens is 3. The number of rotatable bonds is 4. The zero-order valence-electron chi connectivity index (χ0n) is 13.4. The number of pyridine rings is 1. The quantitative estimate of drug-likeness (QED) is 0.556. The highest BCUT2D eigenvalue weighted by molar-refractivity contribution is 7.17. The molecule has 0 amide bonds. The Balaban J connectivity index is 1.69. The summed E-state index contributed by atoms with van der Waals surface area (Å²) in [6.07, 6.45) is 1.78. The molecule has 0 unspecified atom stereocenters. The van der Waals surface area contributed by atoms with Gasteiger partial charge in [0.05, 0.1) is 5.56 Å². The van der Waals surface area contributed by atoms with Gasteiger partial charge in [0.1, 0.15) is 5.82 Å². The van der Waals surface area contributed by atoms with Crippen molar-refractivity contribution in [3.05, 3.63) is 59.4 Å². The highest BCUT2D eigenvalue weighted by atomic mass is 32.1. The largest absolute Gasteiger partial charge is 0.355 e. The summed E-state index contributed by atoms with van der Waals surface area (Å²) in [6, 6.07) is 12.3. The maximum absolute atomic E-state index is 5.32. The number of fused-ring (bicyclic) bond motifs is 1. The summed E-state index contributed by atoms with van der Waals surface area (Å²) in [5, 5.41) is 7.38. The Hall–Kier alpha value is -2.73. The topological polar surface area (TPSA) is 55.1 Å². The van der Waals surface area contributed by atoms with Gasteiger partial charge in [0.25, 0.3) is 5.89 Å². The minimum Gasteiger partial charge on any atom is -0.355 e. The van der Waals surface area contributed by atoms with E-state index in [0.717, 1.165) is 17.9 Å². The second-order valence-corrected chi connectivity index (χ2v) is 6.55. The Kier molecular flexibility index (Phi) is 3.74. The average Bonchev–Trinajstić information content (AvgIpc) is 3.22. The number of nitrogens with zero attached hydrogens (tertiary/aromatic N) is 4. The lowest BCUT2D eigenvalue weighted by Gasteiger charge is -2.19. The Labute approximate surface area is 143 Å². The predicted octanol–water partition coefficient (Wildman–Crippen LogP) is 4.29. The van der Waals surface area contributed by atoms with Crippen molar-refractivity contribution < 1.29 is 4.52 Å². The van der Waals surface area contributed by atoms with Crippen LogP contribution in [0.2, 0.25) is 0 Å². The zero-order valence-corrected chi connectivity index (χ0v) is 14.2.